The van der Waals surface area contributed by atoms with Gasteiger partial charge in [0.15, 0.2) is 0 Å². The molecule has 9 heteroatoms. The van der Waals surface area contributed by atoms with Crippen LogP contribution in [0.5, 0.6) is 0 Å². The molecular weight excluding hydrogens is 325 g/mol. The van der Waals surface area contributed by atoms with E-state index in [1.165, 1.54) is 38.0 Å². The Balaban J connectivity index is 2.17. The van der Waals surface area contributed by atoms with Gasteiger partial charge < -0.3 is 9.29 Å². The Bertz CT molecular complexity index is 714. The van der Waals surface area contributed by atoms with E-state index >= 15 is 0 Å². The fourth-order valence-electron chi connectivity index (χ4n) is 1.89. The van der Waals surface area contributed by atoms with E-state index in [0.29, 0.717) is 5.56 Å². The lowest BCUT2D eigenvalue weighted by atomic mass is 10.1. The third kappa shape index (κ3) is 4.62. The van der Waals surface area contributed by atoms with E-state index in [0.717, 1.165) is 10.4 Å². The highest BCUT2D eigenvalue weighted by atomic mass is 32.2. The van der Waals surface area contributed by atoms with E-state index < -0.39 is 23.1 Å². The number of benzene rings is 1. The molecule has 122 valence electrons. The molecule has 0 aliphatic rings. The summed E-state index contributed by atoms with van der Waals surface area (Å²) in [5.41, 5.74) is 0.766. The highest BCUT2D eigenvalue weighted by Crippen LogP contribution is 2.16. The van der Waals surface area contributed by atoms with E-state index in [-0.39, 0.29) is 24.2 Å². The number of methoxy groups -OCH3 is 1. The lowest BCUT2D eigenvalue weighted by molar-refractivity contribution is 0.0600. The van der Waals surface area contributed by atoms with Gasteiger partial charge in [-0.3, -0.25) is 4.21 Å². The number of carbonyl (C=O) groups is 1. The van der Waals surface area contributed by atoms with Gasteiger partial charge in [-0.15, -0.1) is 0 Å². The van der Waals surface area contributed by atoms with Crippen molar-refractivity contribution in [3.05, 3.63) is 59.4 Å². The predicted molar refractivity (Wildman–Crippen MR) is 77.9 cm³/mol. The maximum Gasteiger partial charge on any atom is 0.337 e. The van der Waals surface area contributed by atoms with Crippen molar-refractivity contribution in [2.24, 2.45) is 0 Å². The van der Waals surface area contributed by atoms with Crippen LogP contribution in [0.15, 0.2) is 36.9 Å². The van der Waals surface area contributed by atoms with E-state index in [4.69, 9.17) is 0 Å². The third-order valence-corrected chi connectivity index (χ3v) is 3.68. The zero-order valence-electron chi connectivity index (χ0n) is 12.1. The quantitative estimate of drug-likeness (QED) is 0.580. The minimum absolute atomic E-state index is 0.00907. The molecule has 2 aromatic rings. The summed E-state index contributed by atoms with van der Waals surface area (Å²) in [5, 5.41) is 0. The van der Waals surface area contributed by atoms with Crippen LogP contribution in [-0.2, 0) is 29.1 Å². The van der Waals surface area contributed by atoms with Crippen LogP contribution in [0.3, 0.4) is 0 Å². The molecule has 1 atom stereocenters. The summed E-state index contributed by atoms with van der Waals surface area (Å²) in [5.74, 6) is -1.35. The number of ether oxygens (including phenoxy) is 1. The Morgan fingerprint density at radius 1 is 1.35 bits per heavy atom. The fraction of sp³-hybridized carbons (Fsp3) is 0.214. The van der Waals surface area contributed by atoms with Crippen LogP contribution in [0.2, 0.25) is 0 Å². The van der Waals surface area contributed by atoms with Crippen molar-refractivity contribution in [2.75, 3.05) is 7.11 Å². The maximum atomic E-state index is 14.0. The second kappa shape index (κ2) is 7.86. The van der Waals surface area contributed by atoms with Crippen LogP contribution in [-0.4, -0.2) is 36.1 Å². The number of esters is 1. The molecule has 2 rings (SSSR count). The largest absolute Gasteiger partial charge is 0.760 e. The van der Waals surface area contributed by atoms with Crippen LogP contribution in [0.1, 0.15) is 21.5 Å². The maximum absolute atomic E-state index is 14.0. The number of hydrogen-bond donors (Lipinski definition) is 0. The zero-order chi connectivity index (χ0) is 16.8. The normalized spacial score (nSPS) is 12.2. The van der Waals surface area contributed by atoms with Gasteiger partial charge >= 0.3 is 5.97 Å². The van der Waals surface area contributed by atoms with Crippen molar-refractivity contribution >= 4 is 17.2 Å². The molecule has 1 unspecified atom stereocenters. The lowest BCUT2D eigenvalue weighted by Gasteiger charge is -2.24. The second-order valence-electron chi connectivity index (χ2n) is 4.56. The number of aromatic nitrogens is 2. The number of hydrogen-bond acceptors (Lipinski definition) is 6. The van der Waals surface area contributed by atoms with Crippen molar-refractivity contribution < 1.29 is 22.7 Å². The first-order valence-electron chi connectivity index (χ1n) is 6.46. The van der Waals surface area contributed by atoms with Gasteiger partial charge in [0.25, 0.3) is 0 Å². The first-order valence-corrected chi connectivity index (χ1v) is 7.49. The van der Waals surface area contributed by atoms with Gasteiger partial charge in [0, 0.05) is 47.9 Å². The summed E-state index contributed by atoms with van der Waals surface area (Å²) in [4.78, 5) is 18.9. The number of rotatable bonds is 6. The number of halogens is 1. The smallest absolute Gasteiger partial charge is 0.337 e. The van der Waals surface area contributed by atoms with E-state index in [1.54, 1.807) is 0 Å². The molecule has 23 heavy (non-hydrogen) atoms. The standard InChI is InChI=1S/C14H14FN3O4S/c1-22-14(19)11-2-3-12(13(15)4-11)8-18(23(20)21)7-10-5-16-9-17-6-10/h2-6,9H,7-8H2,1H3,(H,20,21)/p-1. The Hall–Kier alpha value is -2.23. The van der Waals surface area contributed by atoms with Crippen molar-refractivity contribution in [3.63, 3.8) is 0 Å². The van der Waals surface area contributed by atoms with Gasteiger partial charge in [-0.2, -0.15) is 0 Å². The van der Waals surface area contributed by atoms with Crippen molar-refractivity contribution in [2.45, 2.75) is 13.1 Å². The fourth-order valence-corrected chi connectivity index (χ4v) is 2.39. The van der Waals surface area contributed by atoms with Crippen molar-refractivity contribution in [1.82, 2.24) is 14.3 Å². The molecule has 0 aliphatic heterocycles. The Kier molecular flexibility index (Phi) is 5.85. The van der Waals surface area contributed by atoms with Gasteiger partial charge in [0.1, 0.15) is 12.1 Å². The zero-order valence-corrected chi connectivity index (χ0v) is 13.0. The Morgan fingerprint density at radius 3 is 2.61 bits per heavy atom. The molecule has 0 fully saturated rings. The molecule has 7 nitrogen and oxygen atoms in total. The first kappa shape index (κ1) is 17.1. The molecule has 0 amide bonds. The molecular formula is C14H13FN3O4S-. The SMILES string of the molecule is COC(=O)c1ccc(CN(Cc2cncnc2)S(=O)[O-])c(F)c1. The Morgan fingerprint density at radius 2 is 2.04 bits per heavy atom. The lowest BCUT2D eigenvalue weighted by Crippen LogP contribution is -2.25. The molecule has 1 aromatic heterocycles. The molecule has 0 saturated heterocycles. The summed E-state index contributed by atoms with van der Waals surface area (Å²) < 4.78 is 42.2. The van der Waals surface area contributed by atoms with Gasteiger partial charge in [0.05, 0.1) is 12.7 Å². The summed E-state index contributed by atoms with van der Waals surface area (Å²) >= 11 is -2.56. The highest BCUT2D eigenvalue weighted by molar-refractivity contribution is 7.76. The number of nitrogens with zero attached hydrogens (tertiary/aromatic N) is 3. The molecule has 1 aromatic carbocycles. The van der Waals surface area contributed by atoms with E-state index in [2.05, 4.69) is 14.7 Å². The summed E-state index contributed by atoms with van der Waals surface area (Å²) in [7, 11) is 1.19. The van der Waals surface area contributed by atoms with E-state index in [9.17, 15) is 17.9 Å². The van der Waals surface area contributed by atoms with Crippen molar-refractivity contribution in [1.29, 1.82) is 0 Å². The van der Waals surface area contributed by atoms with Crippen LogP contribution in [0.25, 0.3) is 0 Å². The molecule has 0 bridgehead atoms. The van der Waals surface area contributed by atoms with Crippen molar-refractivity contribution in [3.8, 4) is 0 Å². The minimum Gasteiger partial charge on any atom is -0.760 e. The topological polar surface area (TPSA) is 95.5 Å². The molecule has 0 saturated carbocycles. The average molecular weight is 338 g/mol. The van der Waals surface area contributed by atoms with Crippen LogP contribution in [0.4, 0.5) is 4.39 Å². The molecule has 1 heterocycles. The second-order valence-corrected chi connectivity index (χ2v) is 5.51. The average Bonchev–Trinajstić information content (AvgIpc) is 2.55. The minimum atomic E-state index is -2.56. The molecule has 0 N–H and O–H groups in total. The van der Waals surface area contributed by atoms with Crippen LogP contribution < -0.4 is 0 Å². The highest BCUT2D eigenvalue weighted by Gasteiger charge is 2.14. The summed E-state index contributed by atoms with van der Waals surface area (Å²) in [6, 6.07) is 3.74. The monoisotopic (exact) mass is 338 g/mol. The van der Waals surface area contributed by atoms with Gasteiger partial charge in [-0.05, 0) is 12.1 Å². The summed E-state index contributed by atoms with van der Waals surface area (Å²) in [6.07, 6.45) is 4.28. The summed E-state index contributed by atoms with van der Waals surface area (Å²) in [6.45, 7) is -0.173. The van der Waals surface area contributed by atoms with Crippen LogP contribution >= 0.6 is 0 Å². The van der Waals surface area contributed by atoms with Gasteiger partial charge in [-0.25, -0.2) is 23.5 Å². The number of carbonyl (C=O) groups excluding carboxylic acids is 1. The molecule has 0 aliphatic carbocycles. The van der Waals surface area contributed by atoms with Gasteiger partial charge in [0.2, 0.25) is 0 Å². The van der Waals surface area contributed by atoms with Crippen LogP contribution in [0, 0.1) is 5.82 Å². The Labute approximate surface area is 134 Å². The molecule has 0 radical (unpaired) electrons. The first-order chi connectivity index (χ1) is 11.0. The van der Waals surface area contributed by atoms with Gasteiger partial charge in [-0.1, -0.05) is 6.07 Å². The van der Waals surface area contributed by atoms with E-state index in [1.807, 2.05) is 0 Å². The molecule has 0 spiro atoms. The third-order valence-electron chi connectivity index (χ3n) is 3.00. The predicted octanol–water partition coefficient (Wildman–Crippen LogP) is 1.20.